The third-order valence-corrected chi connectivity index (χ3v) is 5.08. The van der Waals surface area contributed by atoms with Crippen LogP contribution >= 0.6 is 11.3 Å². The smallest absolute Gasteiger partial charge is 0.224 e. The zero-order valence-corrected chi connectivity index (χ0v) is 16.8. The Morgan fingerprint density at radius 3 is 2.61 bits per heavy atom. The topological polar surface area (TPSA) is 69.7 Å². The van der Waals surface area contributed by atoms with Crippen LogP contribution in [0.25, 0.3) is 10.6 Å². The van der Waals surface area contributed by atoms with Gasteiger partial charge in [0, 0.05) is 29.1 Å². The lowest BCUT2D eigenvalue weighted by atomic mass is 10.2. The number of hydrogen-bond acceptors (Lipinski definition) is 6. The van der Waals surface area contributed by atoms with Gasteiger partial charge in [-0.25, -0.2) is 4.98 Å². The van der Waals surface area contributed by atoms with Crippen LogP contribution in [0.4, 0.5) is 5.69 Å². The number of aryl methyl sites for hydroxylation is 1. The lowest BCUT2D eigenvalue weighted by Crippen LogP contribution is -2.12. The van der Waals surface area contributed by atoms with Crippen LogP contribution in [0, 0.1) is 0 Å². The normalized spacial score (nSPS) is 10.4. The maximum atomic E-state index is 12.3. The minimum Gasteiger partial charge on any atom is -0.497 e. The molecule has 1 amide bonds. The molecule has 0 fully saturated rings. The predicted molar refractivity (Wildman–Crippen MR) is 111 cm³/mol. The molecule has 0 saturated carbocycles. The Bertz CT molecular complexity index is 955. The highest BCUT2D eigenvalue weighted by atomic mass is 32.1. The molecular formula is C21H22N2O4S. The van der Waals surface area contributed by atoms with Gasteiger partial charge in [0.25, 0.3) is 0 Å². The number of rotatable bonds is 8. The summed E-state index contributed by atoms with van der Waals surface area (Å²) in [5, 5.41) is 5.77. The van der Waals surface area contributed by atoms with Crippen LogP contribution in [0.5, 0.6) is 17.2 Å². The van der Waals surface area contributed by atoms with Crippen molar-refractivity contribution in [2.24, 2.45) is 0 Å². The summed E-state index contributed by atoms with van der Waals surface area (Å²) in [4.78, 5) is 16.9. The van der Waals surface area contributed by atoms with Crippen LogP contribution in [0.1, 0.15) is 12.1 Å². The number of nitrogens with one attached hydrogen (secondary N) is 1. The molecule has 0 aliphatic heterocycles. The Hall–Kier alpha value is -3.06. The first kappa shape index (κ1) is 19.7. The average Bonchev–Trinajstić information content (AvgIpc) is 3.21. The van der Waals surface area contributed by atoms with Gasteiger partial charge in [-0.3, -0.25) is 4.79 Å². The Morgan fingerprint density at radius 2 is 1.86 bits per heavy atom. The standard InChI is InChI=1S/C21H22N2O4S/c1-25-17-6-4-5-14(11-17)21-23-16(13-28-21)8-10-20(24)22-15-7-9-18(26-2)19(12-15)27-3/h4-7,9,11-13H,8,10H2,1-3H3,(H,22,24). The number of thiazole rings is 1. The van der Waals surface area contributed by atoms with E-state index in [1.54, 1.807) is 50.9 Å². The fraction of sp³-hybridized carbons (Fsp3) is 0.238. The summed E-state index contributed by atoms with van der Waals surface area (Å²) >= 11 is 1.56. The lowest BCUT2D eigenvalue weighted by Gasteiger charge is -2.10. The van der Waals surface area contributed by atoms with Crippen molar-refractivity contribution in [2.75, 3.05) is 26.6 Å². The van der Waals surface area contributed by atoms with Crippen molar-refractivity contribution < 1.29 is 19.0 Å². The molecule has 146 valence electrons. The zero-order chi connectivity index (χ0) is 19.9. The van der Waals surface area contributed by atoms with Gasteiger partial charge in [0.1, 0.15) is 10.8 Å². The molecule has 6 nitrogen and oxygen atoms in total. The van der Waals surface area contributed by atoms with Crippen LogP contribution in [-0.4, -0.2) is 32.2 Å². The Balaban J connectivity index is 1.58. The van der Waals surface area contributed by atoms with E-state index in [4.69, 9.17) is 14.2 Å². The van der Waals surface area contributed by atoms with E-state index < -0.39 is 0 Å². The molecule has 3 rings (SSSR count). The third kappa shape index (κ3) is 4.80. The van der Waals surface area contributed by atoms with Crippen LogP contribution < -0.4 is 19.5 Å². The highest BCUT2D eigenvalue weighted by Gasteiger charge is 2.10. The fourth-order valence-corrected chi connectivity index (χ4v) is 3.54. The van der Waals surface area contributed by atoms with E-state index in [2.05, 4.69) is 10.3 Å². The molecule has 0 saturated heterocycles. The second kappa shape index (κ2) is 9.23. The van der Waals surface area contributed by atoms with Gasteiger partial charge in [0.2, 0.25) is 5.91 Å². The number of hydrogen-bond donors (Lipinski definition) is 1. The molecule has 3 aromatic rings. The van der Waals surface area contributed by atoms with E-state index in [0.29, 0.717) is 30.0 Å². The second-order valence-corrected chi connectivity index (χ2v) is 6.85. The highest BCUT2D eigenvalue weighted by molar-refractivity contribution is 7.13. The number of aromatic nitrogens is 1. The van der Waals surface area contributed by atoms with Gasteiger partial charge < -0.3 is 19.5 Å². The maximum Gasteiger partial charge on any atom is 0.224 e. The first-order chi connectivity index (χ1) is 13.6. The molecule has 2 aromatic carbocycles. The molecule has 0 aliphatic rings. The van der Waals surface area contributed by atoms with Gasteiger partial charge in [0.05, 0.1) is 27.0 Å². The van der Waals surface area contributed by atoms with Crippen LogP contribution in [-0.2, 0) is 11.2 Å². The summed E-state index contributed by atoms with van der Waals surface area (Å²) in [6, 6.07) is 13.1. The van der Waals surface area contributed by atoms with Crippen LogP contribution in [0.15, 0.2) is 47.8 Å². The van der Waals surface area contributed by atoms with Gasteiger partial charge in [-0.15, -0.1) is 11.3 Å². The summed E-state index contributed by atoms with van der Waals surface area (Å²) in [6.45, 7) is 0. The number of amides is 1. The number of benzene rings is 2. The molecule has 0 radical (unpaired) electrons. The third-order valence-electron chi connectivity index (χ3n) is 4.14. The average molecular weight is 398 g/mol. The molecule has 7 heteroatoms. The molecule has 0 atom stereocenters. The van der Waals surface area contributed by atoms with Crippen molar-refractivity contribution in [3.63, 3.8) is 0 Å². The molecule has 28 heavy (non-hydrogen) atoms. The minimum absolute atomic E-state index is 0.0804. The molecule has 1 N–H and O–H groups in total. The van der Waals surface area contributed by atoms with Gasteiger partial charge >= 0.3 is 0 Å². The molecule has 0 aliphatic carbocycles. The van der Waals surface area contributed by atoms with Crippen molar-refractivity contribution in [3.8, 4) is 27.8 Å². The summed E-state index contributed by atoms with van der Waals surface area (Å²) in [6.07, 6.45) is 0.912. The van der Waals surface area contributed by atoms with Gasteiger partial charge in [0.15, 0.2) is 11.5 Å². The molecule has 1 heterocycles. The molecule has 0 bridgehead atoms. The maximum absolute atomic E-state index is 12.3. The van der Waals surface area contributed by atoms with Crippen molar-refractivity contribution in [2.45, 2.75) is 12.8 Å². The predicted octanol–water partition coefficient (Wildman–Crippen LogP) is 4.41. The number of carbonyl (C=O) groups excluding carboxylic acids is 1. The summed E-state index contributed by atoms with van der Waals surface area (Å²) < 4.78 is 15.7. The van der Waals surface area contributed by atoms with Gasteiger partial charge in [-0.1, -0.05) is 12.1 Å². The SMILES string of the molecule is COc1cccc(-c2nc(CCC(=O)Nc3ccc(OC)c(OC)c3)cs2)c1. The van der Waals surface area contributed by atoms with Crippen molar-refractivity contribution in [1.82, 2.24) is 4.98 Å². The second-order valence-electron chi connectivity index (χ2n) is 5.99. The van der Waals surface area contributed by atoms with Crippen molar-refractivity contribution in [3.05, 3.63) is 53.5 Å². The molecule has 1 aromatic heterocycles. The van der Waals surface area contributed by atoms with E-state index in [1.165, 1.54) is 0 Å². The van der Waals surface area contributed by atoms with Crippen molar-refractivity contribution >= 4 is 22.9 Å². The van der Waals surface area contributed by atoms with Gasteiger partial charge in [-0.2, -0.15) is 0 Å². The first-order valence-electron chi connectivity index (χ1n) is 8.73. The largest absolute Gasteiger partial charge is 0.497 e. The Morgan fingerprint density at radius 1 is 1.04 bits per heavy atom. The summed E-state index contributed by atoms with van der Waals surface area (Å²) in [5.41, 5.74) is 2.56. The fourth-order valence-electron chi connectivity index (χ4n) is 2.69. The van der Waals surface area contributed by atoms with Crippen LogP contribution in [0.2, 0.25) is 0 Å². The monoisotopic (exact) mass is 398 g/mol. The lowest BCUT2D eigenvalue weighted by molar-refractivity contribution is -0.116. The highest BCUT2D eigenvalue weighted by Crippen LogP contribution is 2.30. The number of ether oxygens (including phenoxy) is 3. The first-order valence-corrected chi connectivity index (χ1v) is 9.61. The van der Waals surface area contributed by atoms with Crippen molar-refractivity contribution in [1.29, 1.82) is 0 Å². The number of nitrogens with zero attached hydrogens (tertiary/aromatic N) is 1. The van der Waals surface area contributed by atoms with Crippen LogP contribution in [0.3, 0.4) is 0 Å². The van der Waals surface area contributed by atoms with E-state index >= 15 is 0 Å². The van der Waals surface area contributed by atoms with E-state index in [0.717, 1.165) is 22.0 Å². The summed E-state index contributed by atoms with van der Waals surface area (Å²) in [7, 11) is 4.78. The minimum atomic E-state index is -0.0804. The van der Waals surface area contributed by atoms with E-state index in [9.17, 15) is 4.79 Å². The number of methoxy groups -OCH3 is 3. The van der Waals surface area contributed by atoms with E-state index in [-0.39, 0.29) is 5.91 Å². The molecule has 0 unspecified atom stereocenters. The van der Waals surface area contributed by atoms with E-state index in [1.807, 2.05) is 29.6 Å². The Labute approximate surface area is 168 Å². The quantitative estimate of drug-likeness (QED) is 0.609. The Kier molecular flexibility index (Phi) is 6.49. The summed E-state index contributed by atoms with van der Waals surface area (Å²) in [5.74, 6) is 1.91. The zero-order valence-electron chi connectivity index (χ0n) is 16.0. The number of carbonyl (C=O) groups is 1. The number of anilines is 1. The molecular weight excluding hydrogens is 376 g/mol. The molecule has 0 spiro atoms. The van der Waals surface area contributed by atoms with Gasteiger partial charge in [-0.05, 0) is 30.7 Å².